The number of hydrogen-bond acceptors (Lipinski definition) is 3. The number of likely N-dealkylation sites (tertiary alicyclic amines) is 1. The molecule has 0 radical (unpaired) electrons. The van der Waals surface area contributed by atoms with Gasteiger partial charge in [0.1, 0.15) is 5.82 Å². The van der Waals surface area contributed by atoms with Crippen molar-refractivity contribution in [1.29, 1.82) is 0 Å². The standard InChI is InChI=1S/C19H23FN2O/c20-19-9-5-4-8-16(19)11-21-12-17-10-18(23)14-22(17)13-15-6-2-1-3-7-15/h1-9,17-18,21,23H,10-14H2. The zero-order valence-electron chi connectivity index (χ0n) is 13.2. The summed E-state index contributed by atoms with van der Waals surface area (Å²) in [6.45, 7) is 2.79. The Balaban J connectivity index is 1.54. The minimum Gasteiger partial charge on any atom is -0.392 e. The van der Waals surface area contributed by atoms with Crippen LogP contribution in [0.1, 0.15) is 17.5 Å². The van der Waals surface area contributed by atoms with Gasteiger partial charge in [-0.3, -0.25) is 4.90 Å². The fraction of sp³-hybridized carbons (Fsp3) is 0.368. The molecule has 2 atom stereocenters. The Labute approximate surface area is 136 Å². The molecular formula is C19H23FN2O. The van der Waals surface area contributed by atoms with E-state index in [2.05, 4.69) is 22.3 Å². The summed E-state index contributed by atoms with van der Waals surface area (Å²) >= 11 is 0. The minimum atomic E-state index is -0.279. The Hall–Kier alpha value is -1.75. The highest BCUT2D eigenvalue weighted by molar-refractivity contribution is 5.17. The van der Waals surface area contributed by atoms with Crippen molar-refractivity contribution in [2.45, 2.75) is 31.7 Å². The van der Waals surface area contributed by atoms with Gasteiger partial charge in [-0.25, -0.2) is 4.39 Å². The average molecular weight is 314 g/mol. The van der Waals surface area contributed by atoms with Gasteiger partial charge in [0.15, 0.2) is 0 Å². The molecule has 2 unspecified atom stereocenters. The molecule has 1 saturated heterocycles. The lowest BCUT2D eigenvalue weighted by Gasteiger charge is -2.24. The third-order valence-corrected chi connectivity index (χ3v) is 4.39. The predicted molar refractivity (Wildman–Crippen MR) is 89.4 cm³/mol. The summed E-state index contributed by atoms with van der Waals surface area (Å²) in [5.41, 5.74) is 1.93. The Kier molecular flexibility index (Phi) is 5.39. The van der Waals surface area contributed by atoms with Crippen LogP contribution in [-0.2, 0) is 13.1 Å². The highest BCUT2D eigenvalue weighted by Gasteiger charge is 2.30. The van der Waals surface area contributed by atoms with Gasteiger partial charge in [-0.15, -0.1) is 0 Å². The highest BCUT2D eigenvalue weighted by atomic mass is 19.1. The summed E-state index contributed by atoms with van der Waals surface area (Å²) in [5, 5.41) is 13.3. The molecule has 0 saturated carbocycles. The third-order valence-electron chi connectivity index (χ3n) is 4.39. The maximum Gasteiger partial charge on any atom is 0.127 e. The van der Waals surface area contributed by atoms with E-state index in [-0.39, 0.29) is 18.0 Å². The number of nitrogens with one attached hydrogen (secondary N) is 1. The molecule has 0 bridgehead atoms. The van der Waals surface area contributed by atoms with E-state index in [4.69, 9.17) is 0 Å². The zero-order valence-corrected chi connectivity index (χ0v) is 13.2. The first-order chi connectivity index (χ1) is 11.2. The van der Waals surface area contributed by atoms with Crippen molar-refractivity contribution in [3.63, 3.8) is 0 Å². The molecule has 3 nitrogen and oxygen atoms in total. The van der Waals surface area contributed by atoms with Crippen molar-refractivity contribution in [3.05, 3.63) is 71.5 Å². The summed E-state index contributed by atoms with van der Waals surface area (Å²) in [6.07, 6.45) is 0.482. The second-order valence-electron chi connectivity index (χ2n) is 6.18. The van der Waals surface area contributed by atoms with Gasteiger partial charge in [-0.1, -0.05) is 48.5 Å². The summed E-state index contributed by atoms with van der Waals surface area (Å²) < 4.78 is 13.6. The highest BCUT2D eigenvalue weighted by Crippen LogP contribution is 2.20. The minimum absolute atomic E-state index is 0.174. The number of hydrogen-bond donors (Lipinski definition) is 2. The van der Waals surface area contributed by atoms with Crippen LogP contribution in [0.4, 0.5) is 4.39 Å². The first-order valence-electron chi connectivity index (χ1n) is 8.12. The van der Waals surface area contributed by atoms with Crippen LogP contribution in [0.5, 0.6) is 0 Å². The second kappa shape index (κ2) is 7.68. The van der Waals surface area contributed by atoms with E-state index in [1.807, 2.05) is 24.3 Å². The molecule has 1 aliphatic rings. The molecule has 122 valence electrons. The third kappa shape index (κ3) is 4.38. The lowest BCUT2D eigenvalue weighted by atomic mass is 10.1. The van der Waals surface area contributed by atoms with Crippen LogP contribution in [0.15, 0.2) is 54.6 Å². The number of rotatable bonds is 6. The smallest absolute Gasteiger partial charge is 0.127 e. The molecule has 1 aliphatic heterocycles. The van der Waals surface area contributed by atoms with E-state index in [0.717, 1.165) is 19.5 Å². The van der Waals surface area contributed by atoms with Gasteiger partial charge in [0, 0.05) is 37.8 Å². The number of aliphatic hydroxyl groups is 1. The summed E-state index contributed by atoms with van der Waals surface area (Å²) in [6, 6.07) is 17.4. The van der Waals surface area contributed by atoms with E-state index in [0.29, 0.717) is 18.7 Å². The molecule has 2 N–H and O–H groups in total. The number of halogens is 1. The fourth-order valence-electron chi connectivity index (χ4n) is 3.20. The van der Waals surface area contributed by atoms with Gasteiger partial charge in [-0.2, -0.15) is 0 Å². The first-order valence-corrected chi connectivity index (χ1v) is 8.12. The normalized spacial score (nSPS) is 21.7. The molecule has 23 heavy (non-hydrogen) atoms. The van der Waals surface area contributed by atoms with Gasteiger partial charge in [0.2, 0.25) is 0 Å². The van der Waals surface area contributed by atoms with Crippen molar-refractivity contribution >= 4 is 0 Å². The number of β-amino-alcohol motifs (C(OH)–C–C–N with tert-alkyl or cyclic N) is 1. The van der Waals surface area contributed by atoms with Gasteiger partial charge >= 0.3 is 0 Å². The maximum atomic E-state index is 13.6. The number of aliphatic hydroxyl groups excluding tert-OH is 1. The average Bonchev–Trinajstić information content (AvgIpc) is 2.90. The largest absolute Gasteiger partial charge is 0.392 e. The molecule has 0 spiro atoms. The fourth-order valence-corrected chi connectivity index (χ4v) is 3.20. The van der Waals surface area contributed by atoms with Crippen LogP contribution in [0.25, 0.3) is 0 Å². The van der Waals surface area contributed by atoms with E-state index in [1.54, 1.807) is 12.1 Å². The monoisotopic (exact) mass is 314 g/mol. The van der Waals surface area contributed by atoms with Gasteiger partial charge < -0.3 is 10.4 Å². The SMILES string of the molecule is OC1CC(CNCc2ccccc2F)N(Cc2ccccc2)C1. The number of benzene rings is 2. The molecule has 1 fully saturated rings. The summed E-state index contributed by atoms with van der Waals surface area (Å²) in [5.74, 6) is -0.174. The van der Waals surface area contributed by atoms with Crippen molar-refractivity contribution in [2.24, 2.45) is 0 Å². The molecule has 1 heterocycles. The van der Waals surface area contributed by atoms with Gasteiger partial charge in [0.05, 0.1) is 6.10 Å². The van der Waals surface area contributed by atoms with Crippen LogP contribution in [-0.4, -0.2) is 35.2 Å². The topological polar surface area (TPSA) is 35.5 Å². The van der Waals surface area contributed by atoms with E-state index < -0.39 is 0 Å². The Morgan fingerprint density at radius 1 is 1.09 bits per heavy atom. The van der Waals surface area contributed by atoms with E-state index in [9.17, 15) is 9.50 Å². The molecule has 4 heteroatoms. The Bertz CT molecular complexity index is 620. The van der Waals surface area contributed by atoms with Crippen molar-refractivity contribution in [1.82, 2.24) is 10.2 Å². The molecule has 3 rings (SSSR count). The zero-order chi connectivity index (χ0) is 16.1. The molecule has 2 aromatic carbocycles. The maximum absolute atomic E-state index is 13.6. The van der Waals surface area contributed by atoms with Crippen molar-refractivity contribution in [2.75, 3.05) is 13.1 Å². The molecule has 0 amide bonds. The summed E-state index contributed by atoms with van der Waals surface area (Å²) in [7, 11) is 0. The predicted octanol–water partition coefficient (Wildman–Crippen LogP) is 2.55. The lowest BCUT2D eigenvalue weighted by molar-refractivity contribution is 0.172. The molecule has 0 aliphatic carbocycles. The van der Waals surface area contributed by atoms with Crippen LogP contribution in [0, 0.1) is 5.82 Å². The number of nitrogens with zero attached hydrogens (tertiary/aromatic N) is 1. The lowest BCUT2D eigenvalue weighted by Crippen LogP contribution is -2.37. The Morgan fingerprint density at radius 2 is 1.83 bits per heavy atom. The van der Waals surface area contributed by atoms with Crippen LogP contribution in [0.2, 0.25) is 0 Å². The second-order valence-corrected chi connectivity index (χ2v) is 6.18. The van der Waals surface area contributed by atoms with Crippen molar-refractivity contribution in [3.8, 4) is 0 Å². The van der Waals surface area contributed by atoms with Crippen molar-refractivity contribution < 1.29 is 9.50 Å². The molecule has 2 aromatic rings. The van der Waals surface area contributed by atoms with Gasteiger partial charge in [-0.05, 0) is 18.1 Å². The van der Waals surface area contributed by atoms with E-state index in [1.165, 1.54) is 11.6 Å². The Morgan fingerprint density at radius 3 is 2.61 bits per heavy atom. The van der Waals surface area contributed by atoms with Crippen LogP contribution >= 0.6 is 0 Å². The van der Waals surface area contributed by atoms with Gasteiger partial charge in [0.25, 0.3) is 0 Å². The van der Waals surface area contributed by atoms with E-state index >= 15 is 0 Å². The van der Waals surface area contributed by atoms with Crippen LogP contribution in [0.3, 0.4) is 0 Å². The quantitative estimate of drug-likeness (QED) is 0.860. The molecular weight excluding hydrogens is 291 g/mol. The van der Waals surface area contributed by atoms with Crippen LogP contribution < -0.4 is 5.32 Å². The summed E-state index contributed by atoms with van der Waals surface area (Å²) in [4.78, 5) is 2.30. The first kappa shape index (κ1) is 16.1. The molecule has 0 aromatic heterocycles.